The van der Waals surface area contributed by atoms with Crippen LogP contribution in [0.1, 0.15) is 31.4 Å². The lowest BCUT2D eigenvalue weighted by molar-refractivity contribution is -0.128. The first-order valence-electron chi connectivity index (χ1n) is 6.62. The van der Waals surface area contributed by atoms with Gasteiger partial charge in [-0.2, -0.15) is 5.26 Å². The Labute approximate surface area is 118 Å². The second-order valence-corrected chi connectivity index (χ2v) is 5.37. The monoisotopic (exact) mass is 271 g/mol. The van der Waals surface area contributed by atoms with Crippen LogP contribution in [0, 0.1) is 17.2 Å². The summed E-state index contributed by atoms with van der Waals surface area (Å²) >= 11 is 0. The van der Waals surface area contributed by atoms with E-state index in [1.54, 1.807) is 24.3 Å². The molecule has 2 rings (SSSR count). The highest BCUT2D eigenvalue weighted by Gasteiger charge is 2.37. The molecule has 0 bridgehead atoms. The molecule has 20 heavy (non-hydrogen) atoms. The molecule has 3 amide bonds. The van der Waals surface area contributed by atoms with Crippen molar-refractivity contribution in [2.45, 2.75) is 32.9 Å². The summed E-state index contributed by atoms with van der Waals surface area (Å²) in [6.07, 6.45) is 0.638. The number of benzene rings is 1. The number of hydrogen-bond acceptors (Lipinski definition) is 3. The van der Waals surface area contributed by atoms with Gasteiger partial charge in [-0.3, -0.25) is 9.69 Å². The molecule has 1 aliphatic heterocycles. The summed E-state index contributed by atoms with van der Waals surface area (Å²) in [5, 5.41) is 11.6. The Morgan fingerprint density at radius 1 is 1.40 bits per heavy atom. The van der Waals surface area contributed by atoms with Gasteiger partial charge in [-0.25, -0.2) is 4.79 Å². The zero-order chi connectivity index (χ0) is 14.7. The Bertz CT molecular complexity index is 575. The zero-order valence-corrected chi connectivity index (χ0v) is 11.6. The van der Waals surface area contributed by atoms with Gasteiger partial charge in [-0.15, -0.1) is 0 Å². The largest absolute Gasteiger partial charge is 0.326 e. The predicted octanol–water partition coefficient (Wildman–Crippen LogP) is 2.02. The van der Waals surface area contributed by atoms with Crippen molar-refractivity contribution in [1.29, 1.82) is 5.26 Å². The van der Waals surface area contributed by atoms with Gasteiger partial charge < -0.3 is 5.32 Å². The van der Waals surface area contributed by atoms with E-state index in [1.165, 1.54) is 4.90 Å². The van der Waals surface area contributed by atoms with E-state index in [4.69, 9.17) is 5.26 Å². The van der Waals surface area contributed by atoms with E-state index >= 15 is 0 Å². The van der Waals surface area contributed by atoms with E-state index in [0.29, 0.717) is 17.9 Å². The quantitative estimate of drug-likeness (QED) is 0.851. The Hall–Kier alpha value is -2.35. The fraction of sp³-hybridized carbons (Fsp3) is 0.400. The van der Waals surface area contributed by atoms with Gasteiger partial charge in [-0.05, 0) is 30.0 Å². The molecule has 5 nitrogen and oxygen atoms in total. The van der Waals surface area contributed by atoms with E-state index < -0.39 is 6.04 Å². The summed E-state index contributed by atoms with van der Waals surface area (Å²) in [7, 11) is 0. The lowest BCUT2D eigenvalue weighted by Crippen LogP contribution is -2.31. The van der Waals surface area contributed by atoms with Gasteiger partial charge in [0.05, 0.1) is 18.2 Å². The first kappa shape index (κ1) is 14.1. The van der Waals surface area contributed by atoms with Gasteiger partial charge in [0.25, 0.3) is 5.91 Å². The molecule has 104 valence electrons. The smallest absolute Gasteiger partial charge is 0.325 e. The minimum absolute atomic E-state index is 0.189. The van der Waals surface area contributed by atoms with Crippen molar-refractivity contribution in [3.05, 3.63) is 35.4 Å². The van der Waals surface area contributed by atoms with Crippen LogP contribution < -0.4 is 5.32 Å². The maximum Gasteiger partial charge on any atom is 0.325 e. The van der Waals surface area contributed by atoms with Crippen LogP contribution in [0.15, 0.2) is 24.3 Å². The van der Waals surface area contributed by atoms with Crippen LogP contribution in [-0.2, 0) is 11.3 Å². The van der Waals surface area contributed by atoms with E-state index in [0.717, 1.165) is 5.56 Å². The third-order valence-corrected chi connectivity index (χ3v) is 3.21. The molecule has 1 saturated heterocycles. The summed E-state index contributed by atoms with van der Waals surface area (Å²) in [5.74, 6) is 0.150. The number of hydrogen-bond donors (Lipinski definition) is 1. The Balaban J connectivity index is 2.11. The molecule has 0 saturated carbocycles. The Morgan fingerprint density at radius 2 is 2.15 bits per heavy atom. The summed E-state index contributed by atoms with van der Waals surface area (Å²) in [6, 6.07) is 8.19. The number of nitrogens with zero attached hydrogens (tertiary/aromatic N) is 2. The first-order valence-corrected chi connectivity index (χ1v) is 6.62. The highest BCUT2D eigenvalue weighted by Crippen LogP contribution is 2.17. The summed E-state index contributed by atoms with van der Waals surface area (Å²) in [4.78, 5) is 25.3. The number of imide groups is 1. The molecule has 1 N–H and O–H groups in total. The standard InChI is InChI=1S/C15H17N3O2/c1-10(2)6-13-14(19)18(15(20)17-13)9-12-5-3-4-11(7-12)8-16/h3-5,7,10,13H,6,9H2,1-2H3,(H,17,20)/t13-/m1/s1. The highest BCUT2D eigenvalue weighted by atomic mass is 16.2. The molecule has 0 unspecified atom stereocenters. The highest BCUT2D eigenvalue weighted by molar-refractivity contribution is 6.04. The minimum Gasteiger partial charge on any atom is -0.326 e. The zero-order valence-electron chi connectivity index (χ0n) is 11.6. The third-order valence-electron chi connectivity index (χ3n) is 3.21. The summed E-state index contributed by atoms with van der Waals surface area (Å²) in [5.41, 5.74) is 1.30. The minimum atomic E-state index is -0.429. The van der Waals surface area contributed by atoms with Gasteiger partial charge in [-0.1, -0.05) is 26.0 Å². The summed E-state index contributed by atoms with van der Waals surface area (Å²) < 4.78 is 0. The van der Waals surface area contributed by atoms with Crippen molar-refractivity contribution < 1.29 is 9.59 Å². The first-order chi connectivity index (χ1) is 9.51. The van der Waals surface area contributed by atoms with E-state index in [9.17, 15) is 9.59 Å². The molecular weight excluding hydrogens is 254 g/mol. The molecule has 0 aliphatic carbocycles. The third kappa shape index (κ3) is 2.97. The number of carbonyl (C=O) groups is 2. The maximum absolute atomic E-state index is 12.2. The molecular formula is C15H17N3O2. The molecule has 1 atom stereocenters. The van der Waals surface area contributed by atoms with E-state index in [2.05, 4.69) is 5.32 Å². The lowest BCUT2D eigenvalue weighted by Gasteiger charge is -2.14. The molecule has 1 aromatic rings. The topological polar surface area (TPSA) is 73.2 Å². The SMILES string of the molecule is CC(C)C[C@H]1NC(=O)N(Cc2cccc(C#N)c2)C1=O. The van der Waals surface area contributed by atoms with Crippen molar-refractivity contribution in [3.63, 3.8) is 0 Å². The summed E-state index contributed by atoms with van der Waals surface area (Å²) in [6.45, 7) is 4.23. The Kier molecular flexibility index (Phi) is 4.04. The van der Waals surface area contributed by atoms with Crippen molar-refractivity contribution >= 4 is 11.9 Å². The van der Waals surface area contributed by atoms with Gasteiger partial charge >= 0.3 is 6.03 Å². The van der Waals surface area contributed by atoms with E-state index in [-0.39, 0.29) is 18.5 Å². The van der Waals surface area contributed by atoms with Crippen LogP contribution in [0.5, 0.6) is 0 Å². The Morgan fingerprint density at radius 3 is 2.80 bits per heavy atom. The number of carbonyl (C=O) groups excluding carboxylic acids is 2. The van der Waals surface area contributed by atoms with Crippen LogP contribution in [0.2, 0.25) is 0 Å². The molecule has 0 aromatic heterocycles. The maximum atomic E-state index is 12.2. The number of nitrogens with one attached hydrogen (secondary N) is 1. The molecule has 1 heterocycles. The number of rotatable bonds is 4. The molecule has 1 aliphatic rings. The van der Waals surface area contributed by atoms with Crippen LogP contribution in [0.25, 0.3) is 0 Å². The lowest BCUT2D eigenvalue weighted by atomic mass is 10.0. The molecule has 0 radical (unpaired) electrons. The average molecular weight is 271 g/mol. The molecule has 5 heteroatoms. The van der Waals surface area contributed by atoms with Gasteiger partial charge in [0.15, 0.2) is 0 Å². The van der Waals surface area contributed by atoms with Crippen molar-refractivity contribution in [2.24, 2.45) is 5.92 Å². The van der Waals surface area contributed by atoms with Crippen LogP contribution >= 0.6 is 0 Å². The second-order valence-electron chi connectivity index (χ2n) is 5.37. The van der Waals surface area contributed by atoms with Crippen molar-refractivity contribution in [1.82, 2.24) is 10.2 Å². The van der Waals surface area contributed by atoms with Crippen molar-refractivity contribution in [2.75, 3.05) is 0 Å². The number of urea groups is 1. The fourth-order valence-corrected chi connectivity index (χ4v) is 2.28. The van der Waals surface area contributed by atoms with Gasteiger partial charge in [0, 0.05) is 0 Å². The fourth-order valence-electron chi connectivity index (χ4n) is 2.28. The van der Waals surface area contributed by atoms with Crippen LogP contribution in [-0.4, -0.2) is 22.9 Å². The normalized spacial score (nSPS) is 18.3. The van der Waals surface area contributed by atoms with Crippen LogP contribution in [0.3, 0.4) is 0 Å². The average Bonchev–Trinajstić information content (AvgIpc) is 2.66. The van der Waals surface area contributed by atoms with Crippen LogP contribution in [0.4, 0.5) is 4.79 Å². The predicted molar refractivity (Wildman–Crippen MR) is 73.5 cm³/mol. The van der Waals surface area contributed by atoms with Gasteiger partial charge in [0.1, 0.15) is 6.04 Å². The number of amides is 3. The molecule has 1 fully saturated rings. The number of nitriles is 1. The molecule has 1 aromatic carbocycles. The molecule has 0 spiro atoms. The van der Waals surface area contributed by atoms with Crippen molar-refractivity contribution in [3.8, 4) is 6.07 Å². The van der Waals surface area contributed by atoms with E-state index in [1.807, 2.05) is 19.9 Å². The second kappa shape index (κ2) is 5.74. The van der Waals surface area contributed by atoms with Gasteiger partial charge in [0.2, 0.25) is 0 Å².